The molecule has 0 aromatic heterocycles. The van der Waals surface area contributed by atoms with E-state index in [-0.39, 0.29) is 6.61 Å². The van der Waals surface area contributed by atoms with Crippen molar-refractivity contribution in [2.75, 3.05) is 20.3 Å². The normalized spacial score (nSPS) is 20.9. The first kappa shape index (κ1) is 23.4. The number of rotatable bonds is 8. The maximum Gasteiger partial charge on any atom is 0.302 e. The molecule has 2 aromatic carbocycles. The van der Waals surface area contributed by atoms with Crippen molar-refractivity contribution in [1.82, 2.24) is 0 Å². The number of esters is 1. The molecule has 1 N–H and O–H groups in total. The number of benzene rings is 2. The minimum absolute atomic E-state index is 0.0267. The molecule has 3 atom stereocenters. The monoisotopic (exact) mass is 446 g/mol. The zero-order valence-electron chi connectivity index (χ0n) is 17.8. The molecule has 0 amide bonds. The second-order valence-corrected chi connectivity index (χ2v) is 7.60. The summed E-state index contributed by atoms with van der Waals surface area (Å²) < 4.78 is 22.0. The zero-order valence-corrected chi connectivity index (χ0v) is 18.6. The van der Waals surface area contributed by atoms with Crippen LogP contribution in [0.25, 0.3) is 0 Å². The quantitative estimate of drug-likeness (QED) is 0.615. The summed E-state index contributed by atoms with van der Waals surface area (Å²) in [4.78, 5) is 11.1. The van der Waals surface area contributed by atoms with E-state index in [2.05, 4.69) is 0 Å². The Morgan fingerprint density at radius 1 is 1.19 bits per heavy atom. The standard InChI is InChI=1S/C24H27ClO6/c1-4-29-19-7-5-16(6-8-19)11-18-12-17(13-22(28-3)24(18)25)21-10-9-20(27)23(31-21)14-30-15(2)26/h5-10,12-13,20-21,23,27H,4,11,14H2,1-3H3/t20-,21+,23-/m1/s1. The molecule has 2 aromatic rings. The Bertz CT molecular complexity index is 882. The van der Waals surface area contributed by atoms with Gasteiger partial charge in [0, 0.05) is 13.3 Å². The van der Waals surface area contributed by atoms with Crippen molar-refractivity contribution in [2.45, 2.75) is 38.6 Å². The Hall–Kier alpha value is -2.28. The van der Waals surface area contributed by atoms with Gasteiger partial charge in [-0.15, -0.1) is 0 Å². The summed E-state index contributed by atoms with van der Waals surface area (Å²) in [7, 11) is 1.57. The van der Waals surface area contributed by atoms with Crippen molar-refractivity contribution in [3.8, 4) is 11.5 Å². The van der Waals surface area contributed by atoms with Crippen LogP contribution in [0.3, 0.4) is 0 Å². The summed E-state index contributed by atoms with van der Waals surface area (Å²) in [5, 5.41) is 10.7. The first-order valence-corrected chi connectivity index (χ1v) is 10.5. The van der Waals surface area contributed by atoms with Crippen molar-refractivity contribution in [3.05, 3.63) is 71.0 Å². The van der Waals surface area contributed by atoms with Crippen LogP contribution in [0.1, 0.15) is 36.6 Å². The van der Waals surface area contributed by atoms with Gasteiger partial charge in [-0.25, -0.2) is 0 Å². The predicted molar refractivity (Wildman–Crippen MR) is 117 cm³/mol. The van der Waals surface area contributed by atoms with Crippen molar-refractivity contribution in [2.24, 2.45) is 0 Å². The molecular weight excluding hydrogens is 420 g/mol. The number of hydrogen-bond acceptors (Lipinski definition) is 6. The minimum atomic E-state index is -0.854. The summed E-state index contributed by atoms with van der Waals surface area (Å²) in [6.45, 7) is 3.86. The van der Waals surface area contributed by atoms with Crippen LogP contribution in [0.4, 0.5) is 0 Å². The molecule has 166 valence electrons. The van der Waals surface area contributed by atoms with Crippen molar-refractivity contribution in [3.63, 3.8) is 0 Å². The summed E-state index contributed by atoms with van der Waals surface area (Å²) in [6.07, 6.45) is 2.08. The molecule has 0 spiro atoms. The molecule has 0 saturated carbocycles. The molecule has 31 heavy (non-hydrogen) atoms. The highest BCUT2D eigenvalue weighted by molar-refractivity contribution is 6.32. The Kier molecular flexibility index (Phi) is 8.18. The number of halogens is 1. The molecule has 6 nitrogen and oxygen atoms in total. The highest BCUT2D eigenvalue weighted by Gasteiger charge is 2.32. The lowest BCUT2D eigenvalue weighted by Gasteiger charge is -2.33. The van der Waals surface area contributed by atoms with E-state index in [9.17, 15) is 9.90 Å². The average molecular weight is 447 g/mol. The minimum Gasteiger partial charge on any atom is -0.495 e. The van der Waals surface area contributed by atoms with Crippen LogP contribution in [0.2, 0.25) is 5.02 Å². The van der Waals surface area contributed by atoms with Gasteiger partial charge in [0.15, 0.2) is 0 Å². The maximum atomic E-state index is 11.1. The number of methoxy groups -OCH3 is 1. The van der Waals surface area contributed by atoms with E-state index < -0.39 is 24.3 Å². The van der Waals surface area contributed by atoms with Gasteiger partial charge in [0.05, 0.1) is 30.9 Å². The lowest BCUT2D eigenvalue weighted by molar-refractivity contribution is -0.153. The molecular formula is C24H27ClO6. The van der Waals surface area contributed by atoms with Crippen LogP contribution in [0.15, 0.2) is 36.4 Å². The predicted octanol–water partition coefficient (Wildman–Crippen LogP) is 4.11. The maximum absolute atomic E-state index is 11.1. The smallest absolute Gasteiger partial charge is 0.302 e. The van der Waals surface area contributed by atoms with Gasteiger partial charge in [0.25, 0.3) is 0 Å². The van der Waals surface area contributed by atoms with E-state index in [0.717, 1.165) is 22.4 Å². The van der Waals surface area contributed by atoms with Gasteiger partial charge in [-0.3, -0.25) is 4.79 Å². The molecule has 1 heterocycles. The SMILES string of the molecule is CCOc1ccc(Cc2cc([C@@H]3[CH][CH][C@@H](O)[C@@H](COC(C)=O)O3)cc(OC)c2Cl)cc1. The Labute approximate surface area is 188 Å². The van der Waals surface area contributed by atoms with E-state index in [1.165, 1.54) is 6.92 Å². The summed E-state index contributed by atoms with van der Waals surface area (Å²) in [6, 6.07) is 11.7. The molecule has 0 unspecified atom stereocenters. The zero-order chi connectivity index (χ0) is 22.4. The van der Waals surface area contributed by atoms with Crippen LogP contribution >= 0.6 is 11.6 Å². The lowest BCUT2D eigenvalue weighted by Crippen LogP contribution is -2.40. The summed E-state index contributed by atoms with van der Waals surface area (Å²) in [5.74, 6) is 0.939. The molecule has 1 aliphatic heterocycles. The summed E-state index contributed by atoms with van der Waals surface area (Å²) in [5.41, 5.74) is 2.80. The van der Waals surface area contributed by atoms with Gasteiger partial charge in [0.1, 0.15) is 24.2 Å². The number of aliphatic hydroxyl groups excluding tert-OH is 1. The van der Waals surface area contributed by atoms with Crippen LogP contribution < -0.4 is 9.47 Å². The number of carbonyl (C=O) groups excluding carboxylic acids is 1. The van der Waals surface area contributed by atoms with Gasteiger partial charge < -0.3 is 24.1 Å². The average Bonchev–Trinajstić information content (AvgIpc) is 2.76. The van der Waals surface area contributed by atoms with Crippen molar-refractivity contribution in [1.29, 1.82) is 0 Å². The Balaban J connectivity index is 1.81. The first-order chi connectivity index (χ1) is 14.9. The van der Waals surface area contributed by atoms with Crippen molar-refractivity contribution < 1.29 is 28.8 Å². The third-order valence-corrected chi connectivity index (χ3v) is 5.38. The summed E-state index contributed by atoms with van der Waals surface area (Å²) >= 11 is 6.58. The highest BCUT2D eigenvalue weighted by atomic mass is 35.5. The number of ether oxygens (including phenoxy) is 4. The van der Waals surface area contributed by atoms with Gasteiger partial charge in [-0.1, -0.05) is 29.8 Å². The molecule has 1 saturated heterocycles. The van der Waals surface area contributed by atoms with Gasteiger partial charge >= 0.3 is 5.97 Å². The molecule has 0 aliphatic carbocycles. The van der Waals surface area contributed by atoms with Crippen LogP contribution in [0, 0.1) is 12.8 Å². The third kappa shape index (κ3) is 6.12. The number of hydrogen-bond donors (Lipinski definition) is 1. The van der Waals surface area contributed by atoms with E-state index in [1.807, 2.05) is 43.3 Å². The molecule has 7 heteroatoms. The Morgan fingerprint density at radius 2 is 1.94 bits per heavy atom. The second-order valence-electron chi connectivity index (χ2n) is 7.22. The Morgan fingerprint density at radius 3 is 2.58 bits per heavy atom. The van der Waals surface area contributed by atoms with E-state index >= 15 is 0 Å². The van der Waals surface area contributed by atoms with Gasteiger partial charge in [-0.2, -0.15) is 0 Å². The second kappa shape index (κ2) is 10.8. The van der Waals surface area contributed by atoms with Crippen LogP contribution in [-0.2, 0) is 20.7 Å². The first-order valence-electron chi connectivity index (χ1n) is 10.1. The molecule has 2 radical (unpaired) electrons. The van der Waals surface area contributed by atoms with E-state index in [4.69, 9.17) is 30.5 Å². The topological polar surface area (TPSA) is 74.2 Å². The fraction of sp³-hybridized carbons (Fsp3) is 0.375. The molecule has 3 rings (SSSR count). The molecule has 1 aliphatic rings. The molecule has 0 bridgehead atoms. The largest absolute Gasteiger partial charge is 0.495 e. The van der Waals surface area contributed by atoms with Crippen LogP contribution in [0.5, 0.6) is 11.5 Å². The number of aliphatic hydroxyl groups is 1. The third-order valence-electron chi connectivity index (χ3n) is 4.95. The van der Waals surface area contributed by atoms with E-state index in [0.29, 0.717) is 23.8 Å². The van der Waals surface area contributed by atoms with E-state index in [1.54, 1.807) is 20.0 Å². The van der Waals surface area contributed by atoms with Crippen molar-refractivity contribution >= 4 is 17.6 Å². The highest BCUT2D eigenvalue weighted by Crippen LogP contribution is 2.37. The molecule has 1 fully saturated rings. The fourth-order valence-corrected chi connectivity index (χ4v) is 3.64. The van der Waals surface area contributed by atoms with Gasteiger partial charge in [-0.05, 0) is 54.7 Å². The number of carbonyl (C=O) groups is 1. The lowest BCUT2D eigenvalue weighted by atomic mass is 9.94. The van der Waals surface area contributed by atoms with Crippen LogP contribution in [-0.4, -0.2) is 43.6 Å². The van der Waals surface area contributed by atoms with Gasteiger partial charge in [0.2, 0.25) is 0 Å². The fourth-order valence-electron chi connectivity index (χ4n) is 3.39.